The Bertz CT molecular complexity index is 769. The van der Waals surface area contributed by atoms with Crippen molar-refractivity contribution in [3.05, 3.63) is 58.6 Å². The van der Waals surface area contributed by atoms with Crippen LogP contribution < -0.4 is 14.8 Å². The number of hydrogen-bond donors (Lipinski definition) is 1. The van der Waals surface area contributed by atoms with E-state index in [1.165, 1.54) is 0 Å². The summed E-state index contributed by atoms with van der Waals surface area (Å²) in [5.74, 6) is 1.09. The van der Waals surface area contributed by atoms with E-state index in [0.717, 1.165) is 11.1 Å². The SMILES string of the molecule is CCOc1c(Cl)cc(/C=N\N(C)C(=S)NCc2ccccc2)cc1OC. The Hall–Kier alpha value is -2.31. The van der Waals surface area contributed by atoms with Gasteiger partial charge in [0.2, 0.25) is 0 Å². The molecule has 0 bridgehead atoms. The van der Waals surface area contributed by atoms with Gasteiger partial charge in [-0.3, -0.25) is 0 Å². The molecule has 0 unspecified atom stereocenters. The van der Waals surface area contributed by atoms with Crippen molar-refractivity contribution in [1.82, 2.24) is 10.3 Å². The zero-order valence-electron chi connectivity index (χ0n) is 15.0. The molecule has 5 nitrogen and oxygen atoms in total. The highest BCUT2D eigenvalue weighted by molar-refractivity contribution is 7.80. The van der Waals surface area contributed by atoms with Gasteiger partial charge in [0, 0.05) is 13.6 Å². The number of nitrogens with zero attached hydrogens (tertiary/aromatic N) is 2. The maximum Gasteiger partial charge on any atom is 0.189 e. The van der Waals surface area contributed by atoms with E-state index in [2.05, 4.69) is 10.4 Å². The molecule has 0 aliphatic carbocycles. The van der Waals surface area contributed by atoms with Gasteiger partial charge in [0.25, 0.3) is 0 Å². The highest BCUT2D eigenvalue weighted by Crippen LogP contribution is 2.35. The smallest absolute Gasteiger partial charge is 0.189 e. The third kappa shape index (κ3) is 5.61. The van der Waals surface area contributed by atoms with E-state index in [1.54, 1.807) is 31.4 Å². The first-order chi connectivity index (χ1) is 12.5. The number of nitrogens with one attached hydrogen (secondary N) is 1. The van der Waals surface area contributed by atoms with E-state index in [4.69, 9.17) is 33.3 Å². The van der Waals surface area contributed by atoms with E-state index in [9.17, 15) is 0 Å². The number of hydrogen-bond acceptors (Lipinski definition) is 4. The van der Waals surface area contributed by atoms with Crippen molar-refractivity contribution < 1.29 is 9.47 Å². The standard InChI is InChI=1S/C19H22ClN3O2S/c1-4-25-18-16(20)10-15(11-17(18)24-3)13-22-23(2)19(26)21-12-14-8-6-5-7-9-14/h5-11,13H,4,12H2,1-3H3,(H,21,26)/b22-13-. The minimum absolute atomic E-state index is 0.472. The average Bonchev–Trinajstić information content (AvgIpc) is 2.66. The summed E-state index contributed by atoms with van der Waals surface area (Å²) >= 11 is 11.6. The van der Waals surface area contributed by atoms with E-state index in [-0.39, 0.29) is 0 Å². The van der Waals surface area contributed by atoms with Crippen molar-refractivity contribution >= 4 is 35.1 Å². The third-order valence-corrected chi connectivity index (χ3v) is 4.19. The predicted molar refractivity (Wildman–Crippen MR) is 110 cm³/mol. The summed E-state index contributed by atoms with van der Waals surface area (Å²) in [6.07, 6.45) is 1.67. The molecule has 2 aromatic rings. The fourth-order valence-electron chi connectivity index (χ4n) is 2.19. The van der Waals surface area contributed by atoms with Crippen LogP contribution in [0.4, 0.5) is 0 Å². The summed E-state index contributed by atoms with van der Waals surface area (Å²) in [6.45, 7) is 3.04. The second-order valence-electron chi connectivity index (χ2n) is 5.38. The van der Waals surface area contributed by atoms with Crippen LogP contribution in [0, 0.1) is 0 Å². The van der Waals surface area contributed by atoms with Crippen LogP contribution in [0.2, 0.25) is 5.02 Å². The van der Waals surface area contributed by atoms with Crippen LogP contribution >= 0.6 is 23.8 Å². The first-order valence-electron chi connectivity index (χ1n) is 8.15. The quantitative estimate of drug-likeness (QED) is 0.437. The van der Waals surface area contributed by atoms with Gasteiger partial charge in [-0.2, -0.15) is 5.10 Å². The molecule has 0 amide bonds. The Morgan fingerprint density at radius 3 is 2.69 bits per heavy atom. The molecule has 26 heavy (non-hydrogen) atoms. The minimum atomic E-state index is 0.472. The molecular weight excluding hydrogens is 370 g/mol. The summed E-state index contributed by atoms with van der Waals surface area (Å²) in [4.78, 5) is 0. The second kappa shape index (κ2) is 9.99. The predicted octanol–water partition coefficient (Wildman–Crippen LogP) is 4.09. The van der Waals surface area contributed by atoms with Gasteiger partial charge in [-0.25, -0.2) is 5.01 Å². The van der Waals surface area contributed by atoms with Gasteiger partial charge < -0.3 is 14.8 Å². The summed E-state index contributed by atoms with van der Waals surface area (Å²) in [6, 6.07) is 13.6. The van der Waals surface area contributed by atoms with Crippen LogP contribution in [-0.4, -0.2) is 37.1 Å². The van der Waals surface area contributed by atoms with Crippen LogP contribution in [0.25, 0.3) is 0 Å². The van der Waals surface area contributed by atoms with Crippen molar-refractivity contribution in [1.29, 1.82) is 0 Å². The fraction of sp³-hybridized carbons (Fsp3) is 0.263. The molecule has 0 atom stereocenters. The van der Waals surface area contributed by atoms with Crippen LogP contribution in [0.5, 0.6) is 11.5 Å². The topological polar surface area (TPSA) is 46.1 Å². The number of benzene rings is 2. The number of ether oxygens (including phenoxy) is 2. The molecule has 2 aromatic carbocycles. The molecule has 0 aliphatic rings. The van der Waals surface area contributed by atoms with Gasteiger partial charge >= 0.3 is 0 Å². The molecule has 0 saturated carbocycles. The molecule has 0 saturated heterocycles. The van der Waals surface area contributed by atoms with Crippen LogP contribution in [-0.2, 0) is 6.54 Å². The first kappa shape index (κ1) is 20.0. The van der Waals surface area contributed by atoms with E-state index in [1.807, 2.05) is 43.3 Å². The highest BCUT2D eigenvalue weighted by Gasteiger charge is 2.11. The lowest BCUT2D eigenvalue weighted by Crippen LogP contribution is -2.33. The van der Waals surface area contributed by atoms with Gasteiger partial charge in [-0.1, -0.05) is 41.9 Å². The maximum absolute atomic E-state index is 6.27. The first-order valence-corrected chi connectivity index (χ1v) is 8.93. The molecule has 7 heteroatoms. The molecule has 138 valence electrons. The largest absolute Gasteiger partial charge is 0.493 e. The average molecular weight is 392 g/mol. The molecule has 0 heterocycles. The number of hydrazone groups is 1. The normalized spacial score (nSPS) is 10.6. The monoisotopic (exact) mass is 391 g/mol. The molecular formula is C19H22ClN3O2S. The van der Waals surface area contributed by atoms with Crippen molar-refractivity contribution in [3.63, 3.8) is 0 Å². The van der Waals surface area contributed by atoms with Gasteiger partial charge in [0.05, 0.1) is 25.0 Å². The summed E-state index contributed by atoms with van der Waals surface area (Å²) in [5.41, 5.74) is 1.93. The van der Waals surface area contributed by atoms with E-state index >= 15 is 0 Å². The third-order valence-electron chi connectivity index (χ3n) is 3.50. The lowest BCUT2D eigenvalue weighted by molar-refractivity contribution is 0.311. The zero-order valence-corrected chi connectivity index (χ0v) is 16.6. The Labute approximate surface area is 164 Å². The molecule has 0 aromatic heterocycles. The van der Waals surface area contributed by atoms with Gasteiger partial charge in [0.1, 0.15) is 0 Å². The lowest BCUT2D eigenvalue weighted by atomic mass is 10.2. The Morgan fingerprint density at radius 1 is 1.31 bits per heavy atom. The van der Waals surface area contributed by atoms with Gasteiger partial charge in [-0.15, -0.1) is 0 Å². The molecule has 0 aliphatic heterocycles. The molecule has 0 radical (unpaired) electrons. The van der Waals surface area contributed by atoms with Crippen molar-refractivity contribution in [2.75, 3.05) is 20.8 Å². The van der Waals surface area contributed by atoms with Crippen molar-refractivity contribution in [3.8, 4) is 11.5 Å². The zero-order chi connectivity index (χ0) is 18.9. The lowest BCUT2D eigenvalue weighted by Gasteiger charge is -2.16. The Balaban J connectivity index is 2.01. The number of rotatable bonds is 7. The van der Waals surface area contributed by atoms with E-state index < -0.39 is 0 Å². The molecule has 0 fully saturated rings. The Morgan fingerprint density at radius 2 is 2.04 bits per heavy atom. The van der Waals surface area contributed by atoms with Gasteiger partial charge in [0.15, 0.2) is 16.6 Å². The molecule has 1 N–H and O–H groups in total. The van der Waals surface area contributed by atoms with E-state index in [0.29, 0.717) is 34.8 Å². The van der Waals surface area contributed by atoms with Crippen LogP contribution in [0.1, 0.15) is 18.1 Å². The van der Waals surface area contributed by atoms with Gasteiger partial charge in [-0.05, 0) is 42.4 Å². The summed E-state index contributed by atoms with van der Waals surface area (Å²) < 4.78 is 10.8. The van der Waals surface area contributed by atoms with Crippen molar-refractivity contribution in [2.24, 2.45) is 5.10 Å². The number of methoxy groups -OCH3 is 1. The van der Waals surface area contributed by atoms with Crippen LogP contribution in [0.15, 0.2) is 47.6 Å². The summed E-state index contributed by atoms with van der Waals surface area (Å²) in [7, 11) is 3.36. The van der Waals surface area contributed by atoms with Crippen LogP contribution in [0.3, 0.4) is 0 Å². The fourth-order valence-corrected chi connectivity index (χ4v) is 2.59. The number of halogens is 1. The minimum Gasteiger partial charge on any atom is -0.493 e. The molecule has 0 spiro atoms. The highest BCUT2D eigenvalue weighted by atomic mass is 35.5. The van der Waals surface area contributed by atoms with Crippen molar-refractivity contribution in [2.45, 2.75) is 13.5 Å². The maximum atomic E-state index is 6.27. The number of thiocarbonyl (C=S) groups is 1. The second-order valence-corrected chi connectivity index (χ2v) is 6.17. The molecule has 2 rings (SSSR count). The Kier molecular flexibility index (Phi) is 7.69. The summed E-state index contributed by atoms with van der Waals surface area (Å²) in [5, 5.41) is 10.1.